The molecule has 0 fully saturated rings. The van der Waals surface area contributed by atoms with Crippen LogP contribution in [0.2, 0.25) is 0 Å². The van der Waals surface area contributed by atoms with Crippen LogP contribution in [0.1, 0.15) is 54.9 Å². The number of carbonyl (C=O) groups is 1. The van der Waals surface area contributed by atoms with Gasteiger partial charge in [-0.05, 0) is 38.5 Å². The zero-order valence-corrected chi connectivity index (χ0v) is 11.7. The number of carboxylic acid groups (broad SMARTS) is 1. The Kier molecular flexibility index (Phi) is 4.78. The molecule has 2 heteroatoms. The van der Waals surface area contributed by atoms with Crippen molar-refractivity contribution in [3.8, 4) is 0 Å². The van der Waals surface area contributed by atoms with Gasteiger partial charge in [0.2, 0.25) is 0 Å². The Morgan fingerprint density at radius 1 is 1.25 bits per heavy atom. The normalized spacial score (nSPS) is 16.1. The second kappa shape index (κ2) is 5.03. The maximum absolute atomic E-state index is 11.3. The van der Waals surface area contributed by atoms with Gasteiger partial charge >= 0.3 is 5.97 Å². The van der Waals surface area contributed by atoms with Crippen LogP contribution in [0.5, 0.6) is 0 Å². The summed E-state index contributed by atoms with van der Waals surface area (Å²) in [7, 11) is 0. The molecular formula is C14H26O2. The summed E-state index contributed by atoms with van der Waals surface area (Å²) in [5, 5.41) is 9.33. The number of hydrogen-bond donors (Lipinski definition) is 1. The maximum atomic E-state index is 11.3. The zero-order chi connectivity index (χ0) is 13.1. The highest BCUT2D eigenvalue weighted by molar-refractivity contribution is 5.74. The lowest BCUT2D eigenvalue weighted by Crippen LogP contribution is -2.36. The van der Waals surface area contributed by atoms with Crippen LogP contribution in [0.25, 0.3) is 0 Å². The molecule has 0 rings (SSSR count). The first-order chi connectivity index (χ1) is 7.08. The first-order valence-electron chi connectivity index (χ1n) is 5.99. The third-order valence-electron chi connectivity index (χ3n) is 3.38. The van der Waals surface area contributed by atoms with Gasteiger partial charge in [-0.15, -0.1) is 0 Å². The lowest BCUT2D eigenvalue weighted by atomic mass is 9.66. The molecule has 0 aliphatic carbocycles. The average Bonchev–Trinajstić information content (AvgIpc) is 2.10. The number of aliphatic carboxylic acids is 1. The van der Waals surface area contributed by atoms with Gasteiger partial charge in [0.05, 0.1) is 5.41 Å². The second-order valence-electron chi connectivity index (χ2n) is 5.98. The summed E-state index contributed by atoms with van der Waals surface area (Å²) >= 11 is 0. The molecule has 0 radical (unpaired) electrons. The largest absolute Gasteiger partial charge is 0.481 e. The lowest BCUT2D eigenvalue weighted by Gasteiger charge is -2.37. The zero-order valence-electron chi connectivity index (χ0n) is 11.7. The maximum Gasteiger partial charge on any atom is 0.309 e. The van der Waals surface area contributed by atoms with Crippen molar-refractivity contribution in [1.29, 1.82) is 0 Å². The summed E-state index contributed by atoms with van der Waals surface area (Å²) in [5.74, 6) is -0.627. The van der Waals surface area contributed by atoms with Crippen molar-refractivity contribution in [2.45, 2.75) is 54.9 Å². The fourth-order valence-corrected chi connectivity index (χ4v) is 2.42. The van der Waals surface area contributed by atoms with Crippen LogP contribution in [0.15, 0.2) is 11.6 Å². The van der Waals surface area contributed by atoms with E-state index in [0.717, 1.165) is 6.42 Å². The van der Waals surface area contributed by atoms with E-state index in [2.05, 4.69) is 33.8 Å². The molecule has 0 aromatic carbocycles. The Balaban J connectivity index is 5.38. The van der Waals surface area contributed by atoms with Gasteiger partial charge in [0.1, 0.15) is 0 Å². The first kappa shape index (κ1) is 15.2. The molecule has 1 unspecified atom stereocenters. The fourth-order valence-electron chi connectivity index (χ4n) is 2.42. The minimum Gasteiger partial charge on any atom is -0.481 e. The van der Waals surface area contributed by atoms with Gasteiger partial charge in [-0.1, -0.05) is 39.3 Å². The van der Waals surface area contributed by atoms with Gasteiger partial charge in [-0.25, -0.2) is 0 Å². The first-order valence-corrected chi connectivity index (χ1v) is 5.99. The predicted molar refractivity (Wildman–Crippen MR) is 68.4 cm³/mol. The summed E-state index contributed by atoms with van der Waals surface area (Å²) in [6.45, 7) is 14.1. The Bertz CT molecular complexity index is 280. The van der Waals surface area contributed by atoms with E-state index in [0.29, 0.717) is 0 Å². The molecule has 0 saturated carbocycles. The quantitative estimate of drug-likeness (QED) is 0.732. The van der Waals surface area contributed by atoms with E-state index in [-0.39, 0.29) is 11.3 Å². The number of allylic oxidation sites excluding steroid dienone is 2. The molecule has 0 spiro atoms. The van der Waals surface area contributed by atoms with E-state index >= 15 is 0 Å². The van der Waals surface area contributed by atoms with Crippen LogP contribution in [-0.4, -0.2) is 11.1 Å². The Labute approximate surface area is 99.7 Å². The van der Waals surface area contributed by atoms with Crippen molar-refractivity contribution in [3.63, 3.8) is 0 Å². The van der Waals surface area contributed by atoms with E-state index in [4.69, 9.17) is 0 Å². The van der Waals surface area contributed by atoms with Crippen molar-refractivity contribution in [1.82, 2.24) is 0 Å². The summed E-state index contributed by atoms with van der Waals surface area (Å²) in [6.07, 6.45) is 2.94. The number of hydrogen-bond acceptors (Lipinski definition) is 1. The van der Waals surface area contributed by atoms with Crippen LogP contribution >= 0.6 is 0 Å². The van der Waals surface area contributed by atoms with Gasteiger partial charge in [0.15, 0.2) is 0 Å². The Hall–Kier alpha value is -0.790. The summed E-state index contributed by atoms with van der Waals surface area (Å²) < 4.78 is 0. The van der Waals surface area contributed by atoms with Gasteiger partial charge in [0, 0.05) is 0 Å². The molecule has 94 valence electrons. The summed E-state index contributed by atoms with van der Waals surface area (Å²) in [6, 6.07) is 0. The van der Waals surface area contributed by atoms with E-state index in [1.54, 1.807) is 0 Å². The van der Waals surface area contributed by atoms with E-state index in [9.17, 15) is 9.90 Å². The fraction of sp³-hybridized carbons (Fsp3) is 0.786. The smallest absolute Gasteiger partial charge is 0.309 e. The molecule has 0 aromatic rings. The van der Waals surface area contributed by atoms with Crippen molar-refractivity contribution >= 4 is 5.97 Å². The van der Waals surface area contributed by atoms with Crippen LogP contribution in [0, 0.1) is 16.7 Å². The van der Waals surface area contributed by atoms with E-state index < -0.39 is 11.4 Å². The van der Waals surface area contributed by atoms with Crippen LogP contribution in [-0.2, 0) is 4.79 Å². The molecular weight excluding hydrogens is 200 g/mol. The van der Waals surface area contributed by atoms with Gasteiger partial charge in [0.25, 0.3) is 0 Å². The highest BCUT2D eigenvalue weighted by atomic mass is 16.4. The molecule has 1 atom stereocenters. The average molecular weight is 226 g/mol. The van der Waals surface area contributed by atoms with Crippen LogP contribution in [0.4, 0.5) is 0 Å². The molecule has 16 heavy (non-hydrogen) atoms. The highest BCUT2D eigenvalue weighted by Crippen LogP contribution is 2.42. The molecule has 0 bridgehead atoms. The highest BCUT2D eigenvalue weighted by Gasteiger charge is 2.40. The van der Waals surface area contributed by atoms with Gasteiger partial charge in [-0.3, -0.25) is 4.79 Å². The van der Waals surface area contributed by atoms with Crippen molar-refractivity contribution < 1.29 is 9.90 Å². The molecule has 2 nitrogen and oxygen atoms in total. The third-order valence-corrected chi connectivity index (χ3v) is 3.38. The molecule has 1 N–H and O–H groups in total. The summed E-state index contributed by atoms with van der Waals surface area (Å²) in [5.41, 5.74) is 0.564. The summed E-state index contributed by atoms with van der Waals surface area (Å²) in [4.78, 5) is 11.3. The van der Waals surface area contributed by atoms with E-state index in [1.807, 2.05) is 20.8 Å². The topological polar surface area (TPSA) is 37.3 Å². The van der Waals surface area contributed by atoms with Crippen LogP contribution in [0.3, 0.4) is 0 Å². The standard InChI is InChI=1S/C14H26O2/c1-8-10(13(3,4)5)11(9-2)14(6,7)12(15)16/h8,11H,9H2,1-7H3,(H,15,16)/b10-8+. The van der Waals surface area contributed by atoms with Crippen LogP contribution < -0.4 is 0 Å². The molecule has 0 aliphatic heterocycles. The third kappa shape index (κ3) is 3.10. The van der Waals surface area contributed by atoms with Gasteiger partial charge < -0.3 is 5.11 Å². The van der Waals surface area contributed by atoms with E-state index in [1.165, 1.54) is 5.57 Å². The Morgan fingerprint density at radius 2 is 1.69 bits per heavy atom. The number of carboxylic acids is 1. The Morgan fingerprint density at radius 3 is 1.88 bits per heavy atom. The predicted octanol–water partition coefficient (Wildman–Crippen LogP) is 4.12. The molecule has 0 heterocycles. The van der Waals surface area contributed by atoms with Crippen molar-refractivity contribution in [3.05, 3.63) is 11.6 Å². The van der Waals surface area contributed by atoms with Crippen molar-refractivity contribution in [2.24, 2.45) is 16.7 Å². The molecule has 0 amide bonds. The molecule has 0 aliphatic rings. The minimum atomic E-state index is -0.719. The monoisotopic (exact) mass is 226 g/mol. The SMILES string of the molecule is C/C=C(\C(CC)C(C)(C)C(=O)O)C(C)(C)C. The van der Waals surface area contributed by atoms with Gasteiger partial charge in [-0.2, -0.15) is 0 Å². The number of rotatable bonds is 4. The minimum absolute atomic E-state index is 0.0299. The lowest BCUT2D eigenvalue weighted by molar-refractivity contribution is -0.149. The second-order valence-corrected chi connectivity index (χ2v) is 5.98. The molecule has 0 saturated heterocycles. The molecule has 0 aromatic heterocycles. The van der Waals surface area contributed by atoms with Crippen molar-refractivity contribution in [2.75, 3.05) is 0 Å².